The van der Waals surface area contributed by atoms with Crippen LogP contribution in [0.1, 0.15) is 36.5 Å². The fourth-order valence-corrected chi connectivity index (χ4v) is 2.92. The van der Waals surface area contributed by atoms with Crippen LogP contribution in [-0.2, 0) is 14.3 Å². The molecule has 0 aromatic heterocycles. The van der Waals surface area contributed by atoms with Crippen molar-refractivity contribution in [1.82, 2.24) is 4.90 Å². The number of methoxy groups -OCH3 is 1. The molecule has 0 saturated carbocycles. The zero-order chi connectivity index (χ0) is 19.8. The topological polar surface area (TPSA) is 108 Å². The summed E-state index contributed by atoms with van der Waals surface area (Å²) in [6.07, 6.45) is 1.68. The van der Waals surface area contributed by atoms with Crippen LogP contribution >= 0.6 is 0 Å². The number of nitrogens with zero attached hydrogens (tertiary/aromatic N) is 2. The molecule has 1 aliphatic rings. The van der Waals surface area contributed by atoms with Crippen LogP contribution in [0.3, 0.4) is 0 Å². The summed E-state index contributed by atoms with van der Waals surface area (Å²) in [4.78, 5) is 36.7. The summed E-state index contributed by atoms with van der Waals surface area (Å²) in [5.41, 5.74) is -0.129. The molecule has 1 saturated heterocycles. The largest absolute Gasteiger partial charge is 0.490 e. The van der Waals surface area contributed by atoms with E-state index in [2.05, 4.69) is 0 Å². The van der Waals surface area contributed by atoms with Crippen molar-refractivity contribution >= 4 is 17.6 Å². The average molecular weight is 380 g/mol. The van der Waals surface area contributed by atoms with Gasteiger partial charge in [-0.1, -0.05) is 0 Å². The second kappa shape index (κ2) is 9.86. The summed E-state index contributed by atoms with van der Waals surface area (Å²) in [6, 6.07) is 4.05. The lowest BCUT2D eigenvalue weighted by Gasteiger charge is -2.25. The number of hydrogen-bond donors (Lipinski definition) is 0. The summed E-state index contributed by atoms with van der Waals surface area (Å²) >= 11 is 0. The third kappa shape index (κ3) is 5.65. The maximum atomic E-state index is 12.9. The number of carbonyl (C=O) groups excluding carboxylic acids is 2. The number of amides is 1. The van der Waals surface area contributed by atoms with Crippen LogP contribution in [0.2, 0.25) is 0 Å². The standard InChI is InChI=1S/C18H24N2O7/c1-3-26-17(21)8-9-19(12-14-5-4-10-27-14)18(22)13-6-7-16(25-2)15(11-13)20(23)24/h6-7,11,14H,3-5,8-10,12H2,1-2H3. The molecule has 0 spiro atoms. The Hall–Kier alpha value is -2.68. The van der Waals surface area contributed by atoms with Crippen LogP contribution in [0.25, 0.3) is 0 Å². The molecule has 1 aromatic rings. The Balaban J connectivity index is 2.19. The van der Waals surface area contributed by atoms with Crippen molar-refractivity contribution in [2.24, 2.45) is 0 Å². The molecule has 1 amide bonds. The first-order valence-corrected chi connectivity index (χ1v) is 8.85. The van der Waals surface area contributed by atoms with Crippen LogP contribution in [-0.4, -0.2) is 61.2 Å². The van der Waals surface area contributed by atoms with E-state index in [1.165, 1.54) is 30.2 Å². The minimum atomic E-state index is -0.599. The molecule has 2 rings (SSSR count). The quantitative estimate of drug-likeness (QED) is 0.367. The van der Waals surface area contributed by atoms with E-state index < -0.39 is 16.8 Å². The van der Waals surface area contributed by atoms with Crippen LogP contribution in [0.4, 0.5) is 5.69 Å². The molecule has 148 valence electrons. The van der Waals surface area contributed by atoms with Gasteiger partial charge in [-0.05, 0) is 31.9 Å². The Morgan fingerprint density at radius 2 is 2.19 bits per heavy atom. The number of benzene rings is 1. The van der Waals surface area contributed by atoms with E-state index in [-0.39, 0.29) is 42.7 Å². The van der Waals surface area contributed by atoms with E-state index in [0.717, 1.165) is 12.8 Å². The molecular formula is C18H24N2O7. The predicted molar refractivity (Wildman–Crippen MR) is 95.8 cm³/mol. The van der Waals surface area contributed by atoms with Gasteiger partial charge in [0, 0.05) is 31.3 Å². The number of esters is 1. The molecule has 0 aliphatic carbocycles. The van der Waals surface area contributed by atoms with Gasteiger partial charge in [-0.25, -0.2) is 0 Å². The Morgan fingerprint density at radius 3 is 2.78 bits per heavy atom. The highest BCUT2D eigenvalue weighted by Gasteiger charge is 2.26. The predicted octanol–water partition coefficient (Wildman–Crippen LogP) is 2.18. The van der Waals surface area contributed by atoms with Gasteiger partial charge in [0.2, 0.25) is 0 Å². The summed E-state index contributed by atoms with van der Waals surface area (Å²) in [7, 11) is 1.33. The van der Waals surface area contributed by atoms with Crippen molar-refractivity contribution in [2.45, 2.75) is 32.3 Å². The number of rotatable bonds is 9. The first-order chi connectivity index (χ1) is 13.0. The van der Waals surface area contributed by atoms with Gasteiger partial charge in [0.05, 0.1) is 31.2 Å². The molecule has 1 unspecified atom stereocenters. The van der Waals surface area contributed by atoms with Gasteiger partial charge in [0.1, 0.15) is 0 Å². The third-order valence-electron chi connectivity index (χ3n) is 4.25. The highest BCUT2D eigenvalue weighted by molar-refractivity contribution is 5.95. The lowest BCUT2D eigenvalue weighted by molar-refractivity contribution is -0.385. The van der Waals surface area contributed by atoms with Gasteiger partial charge in [-0.15, -0.1) is 0 Å². The summed E-state index contributed by atoms with van der Waals surface area (Å²) < 4.78 is 15.5. The van der Waals surface area contributed by atoms with Crippen molar-refractivity contribution in [2.75, 3.05) is 33.4 Å². The molecular weight excluding hydrogens is 356 g/mol. The summed E-state index contributed by atoms with van der Waals surface area (Å²) in [5, 5.41) is 11.2. The molecule has 1 heterocycles. The van der Waals surface area contributed by atoms with E-state index in [1.807, 2.05) is 0 Å². The monoisotopic (exact) mass is 380 g/mol. The minimum absolute atomic E-state index is 0.0462. The van der Waals surface area contributed by atoms with Crippen LogP contribution in [0, 0.1) is 10.1 Å². The molecule has 0 bridgehead atoms. The highest BCUT2D eigenvalue weighted by atomic mass is 16.6. The Bertz CT molecular complexity index is 686. The summed E-state index contributed by atoms with van der Waals surface area (Å²) in [5.74, 6) is -0.724. The number of ether oxygens (including phenoxy) is 3. The second-order valence-electron chi connectivity index (χ2n) is 6.08. The normalized spacial score (nSPS) is 16.0. The van der Waals surface area contributed by atoms with Gasteiger partial charge >= 0.3 is 11.7 Å². The van der Waals surface area contributed by atoms with Crippen molar-refractivity contribution in [3.8, 4) is 5.75 Å². The zero-order valence-corrected chi connectivity index (χ0v) is 15.5. The maximum Gasteiger partial charge on any atom is 0.311 e. The summed E-state index contributed by atoms with van der Waals surface area (Å²) in [6.45, 7) is 3.08. The Labute approximate surface area is 157 Å². The van der Waals surface area contributed by atoms with Gasteiger partial charge in [0.15, 0.2) is 5.75 Å². The molecule has 27 heavy (non-hydrogen) atoms. The first-order valence-electron chi connectivity index (χ1n) is 8.85. The van der Waals surface area contributed by atoms with Gasteiger partial charge in [-0.3, -0.25) is 19.7 Å². The number of nitro groups is 1. The molecule has 0 N–H and O–H groups in total. The first kappa shape index (κ1) is 20.6. The van der Waals surface area contributed by atoms with E-state index in [9.17, 15) is 19.7 Å². The smallest absolute Gasteiger partial charge is 0.311 e. The van der Waals surface area contributed by atoms with Crippen molar-refractivity contribution in [3.05, 3.63) is 33.9 Å². The molecule has 9 nitrogen and oxygen atoms in total. The minimum Gasteiger partial charge on any atom is -0.490 e. The maximum absolute atomic E-state index is 12.9. The highest BCUT2D eigenvalue weighted by Crippen LogP contribution is 2.28. The lowest BCUT2D eigenvalue weighted by Crippen LogP contribution is -2.39. The molecule has 1 fully saturated rings. The molecule has 0 radical (unpaired) electrons. The van der Waals surface area contributed by atoms with Crippen LogP contribution < -0.4 is 4.74 Å². The fraction of sp³-hybridized carbons (Fsp3) is 0.556. The third-order valence-corrected chi connectivity index (χ3v) is 4.25. The Kier molecular flexibility index (Phi) is 7.54. The second-order valence-corrected chi connectivity index (χ2v) is 6.08. The number of nitro benzene ring substituents is 1. The number of carbonyl (C=O) groups is 2. The lowest BCUT2D eigenvalue weighted by atomic mass is 10.1. The van der Waals surface area contributed by atoms with Crippen molar-refractivity contribution in [3.63, 3.8) is 0 Å². The van der Waals surface area contributed by atoms with Crippen LogP contribution in [0.15, 0.2) is 18.2 Å². The SMILES string of the molecule is CCOC(=O)CCN(CC1CCCO1)C(=O)c1ccc(OC)c([N+](=O)[O-])c1. The van der Waals surface area contributed by atoms with E-state index in [0.29, 0.717) is 13.2 Å². The molecule has 1 aliphatic heterocycles. The molecule has 9 heteroatoms. The van der Waals surface area contributed by atoms with Gasteiger partial charge in [0.25, 0.3) is 5.91 Å². The zero-order valence-electron chi connectivity index (χ0n) is 15.5. The van der Waals surface area contributed by atoms with E-state index >= 15 is 0 Å². The molecule has 1 atom stereocenters. The van der Waals surface area contributed by atoms with Crippen molar-refractivity contribution < 1.29 is 28.7 Å². The average Bonchev–Trinajstić information content (AvgIpc) is 3.17. The van der Waals surface area contributed by atoms with Crippen molar-refractivity contribution in [1.29, 1.82) is 0 Å². The fourth-order valence-electron chi connectivity index (χ4n) is 2.92. The Morgan fingerprint density at radius 1 is 1.41 bits per heavy atom. The van der Waals surface area contributed by atoms with Crippen LogP contribution in [0.5, 0.6) is 5.75 Å². The van der Waals surface area contributed by atoms with Gasteiger partial charge < -0.3 is 19.1 Å². The number of hydrogen-bond acceptors (Lipinski definition) is 7. The van der Waals surface area contributed by atoms with E-state index in [1.54, 1.807) is 6.92 Å². The van der Waals surface area contributed by atoms with E-state index in [4.69, 9.17) is 14.2 Å². The van der Waals surface area contributed by atoms with Gasteiger partial charge in [-0.2, -0.15) is 0 Å². The molecule has 1 aromatic carbocycles.